The van der Waals surface area contributed by atoms with E-state index >= 15 is 0 Å². The van der Waals surface area contributed by atoms with Crippen LogP contribution in [-0.2, 0) is 0 Å². The summed E-state index contributed by atoms with van der Waals surface area (Å²) in [4.78, 5) is 8.17. The van der Waals surface area contributed by atoms with Gasteiger partial charge in [-0.2, -0.15) is 0 Å². The average molecular weight is 210 g/mol. The molecule has 1 aliphatic carbocycles. The van der Waals surface area contributed by atoms with Crippen molar-refractivity contribution in [3.05, 3.63) is 17.3 Å². The number of hydrogen-bond acceptors (Lipinski definition) is 4. The number of nitrogens with two attached hydrogens (primary N) is 1. The third-order valence-electron chi connectivity index (χ3n) is 2.39. The molecule has 2 rings (SSSR count). The van der Waals surface area contributed by atoms with Crippen molar-refractivity contribution < 1.29 is 4.39 Å². The average Bonchev–Trinajstić information content (AvgIpc) is 3.02. The zero-order valence-corrected chi connectivity index (χ0v) is 8.76. The van der Waals surface area contributed by atoms with Gasteiger partial charge in [-0.25, -0.2) is 14.4 Å². The van der Waals surface area contributed by atoms with Crippen LogP contribution in [0.4, 0.5) is 10.2 Å². The Hall–Kier alpha value is -1.23. The molecule has 0 unspecified atom stereocenters. The molecule has 1 aromatic heterocycles. The molecule has 0 aromatic carbocycles. The Bertz CT molecular complexity index is 363. The molecule has 1 fully saturated rings. The van der Waals surface area contributed by atoms with Gasteiger partial charge in [0.1, 0.15) is 5.82 Å². The van der Waals surface area contributed by atoms with Gasteiger partial charge in [-0.15, -0.1) is 0 Å². The van der Waals surface area contributed by atoms with E-state index in [1.54, 1.807) is 6.92 Å². The zero-order chi connectivity index (χ0) is 10.8. The van der Waals surface area contributed by atoms with Crippen LogP contribution in [-0.4, -0.2) is 23.1 Å². The smallest absolute Gasteiger partial charge is 0.187 e. The molecule has 0 spiro atoms. The number of nitrogens with zero attached hydrogens (tertiary/aromatic N) is 2. The van der Waals surface area contributed by atoms with E-state index in [1.165, 1.54) is 0 Å². The second-order valence-corrected chi connectivity index (χ2v) is 3.81. The van der Waals surface area contributed by atoms with Crippen molar-refractivity contribution in [2.75, 3.05) is 18.4 Å². The largest absolute Gasteiger partial charge is 0.366 e. The molecule has 4 nitrogen and oxygen atoms in total. The van der Waals surface area contributed by atoms with Crippen LogP contribution in [0.3, 0.4) is 0 Å². The quantitative estimate of drug-likeness (QED) is 0.783. The van der Waals surface area contributed by atoms with E-state index in [0.717, 1.165) is 12.8 Å². The van der Waals surface area contributed by atoms with Crippen molar-refractivity contribution in [2.24, 2.45) is 5.73 Å². The summed E-state index contributed by atoms with van der Waals surface area (Å²) in [5, 5.41) is 2.88. The topological polar surface area (TPSA) is 63.8 Å². The third kappa shape index (κ3) is 2.23. The van der Waals surface area contributed by atoms with Gasteiger partial charge in [0.25, 0.3) is 0 Å². The van der Waals surface area contributed by atoms with Gasteiger partial charge in [0.05, 0.1) is 5.69 Å². The van der Waals surface area contributed by atoms with Gasteiger partial charge >= 0.3 is 0 Å². The monoisotopic (exact) mass is 210 g/mol. The highest BCUT2D eigenvalue weighted by molar-refractivity contribution is 5.40. The van der Waals surface area contributed by atoms with Crippen molar-refractivity contribution in [3.63, 3.8) is 0 Å². The molecule has 3 N–H and O–H groups in total. The SMILES string of the molecule is Cc1nc(NCCN)c(F)c(C2CC2)n1. The van der Waals surface area contributed by atoms with Gasteiger partial charge in [-0.1, -0.05) is 0 Å². The van der Waals surface area contributed by atoms with Crippen LogP contribution in [0, 0.1) is 12.7 Å². The Labute approximate surface area is 88.1 Å². The molecule has 1 heterocycles. The van der Waals surface area contributed by atoms with E-state index < -0.39 is 0 Å². The highest BCUT2D eigenvalue weighted by Crippen LogP contribution is 2.41. The van der Waals surface area contributed by atoms with E-state index in [1.807, 2.05) is 0 Å². The summed E-state index contributed by atoms with van der Waals surface area (Å²) in [5.74, 6) is 0.884. The Kier molecular flexibility index (Phi) is 2.81. The fourth-order valence-corrected chi connectivity index (χ4v) is 1.52. The number of aryl methyl sites for hydroxylation is 1. The first kappa shape index (κ1) is 10.3. The highest BCUT2D eigenvalue weighted by atomic mass is 19.1. The van der Waals surface area contributed by atoms with Crippen molar-refractivity contribution in [1.29, 1.82) is 0 Å². The molecular formula is C10H15FN4. The summed E-state index contributed by atoms with van der Waals surface area (Å²) in [6.07, 6.45) is 2.06. The van der Waals surface area contributed by atoms with Crippen LogP contribution in [0.15, 0.2) is 0 Å². The lowest BCUT2D eigenvalue weighted by Crippen LogP contribution is -2.16. The third-order valence-corrected chi connectivity index (χ3v) is 2.39. The van der Waals surface area contributed by atoms with Crippen molar-refractivity contribution in [2.45, 2.75) is 25.7 Å². The van der Waals surface area contributed by atoms with E-state index in [2.05, 4.69) is 15.3 Å². The molecule has 1 saturated carbocycles. The molecule has 0 atom stereocenters. The molecule has 0 aliphatic heterocycles. The molecule has 5 heteroatoms. The Morgan fingerprint density at radius 3 is 2.80 bits per heavy atom. The van der Waals surface area contributed by atoms with E-state index in [9.17, 15) is 4.39 Å². The molecule has 0 bridgehead atoms. The van der Waals surface area contributed by atoms with Crippen molar-refractivity contribution in [3.8, 4) is 0 Å². The van der Waals surface area contributed by atoms with Gasteiger partial charge in [0, 0.05) is 19.0 Å². The van der Waals surface area contributed by atoms with Gasteiger partial charge in [0.15, 0.2) is 11.6 Å². The first-order valence-electron chi connectivity index (χ1n) is 5.20. The molecule has 82 valence electrons. The maximum atomic E-state index is 13.8. The Morgan fingerprint density at radius 1 is 1.47 bits per heavy atom. The molecule has 0 amide bonds. The zero-order valence-electron chi connectivity index (χ0n) is 8.76. The van der Waals surface area contributed by atoms with Gasteiger partial charge in [-0.05, 0) is 19.8 Å². The Balaban J connectivity index is 2.27. The highest BCUT2D eigenvalue weighted by Gasteiger charge is 2.30. The van der Waals surface area contributed by atoms with Crippen molar-refractivity contribution in [1.82, 2.24) is 9.97 Å². The molecule has 1 aliphatic rings. The van der Waals surface area contributed by atoms with Crippen LogP contribution in [0.2, 0.25) is 0 Å². The summed E-state index contributed by atoms with van der Waals surface area (Å²) >= 11 is 0. The maximum absolute atomic E-state index is 13.8. The second kappa shape index (κ2) is 4.10. The predicted octanol–water partition coefficient (Wildman–Crippen LogP) is 1.17. The van der Waals surface area contributed by atoms with Crippen LogP contribution in [0.25, 0.3) is 0 Å². The van der Waals surface area contributed by atoms with Gasteiger partial charge in [-0.3, -0.25) is 0 Å². The summed E-state index contributed by atoms with van der Waals surface area (Å²) in [5.41, 5.74) is 5.90. The van der Waals surface area contributed by atoms with Crippen LogP contribution >= 0.6 is 0 Å². The maximum Gasteiger partial charge on any atom is 0.187 e. The summed E-state index contributed by atoms with van der Waals surface area (Å²) < 4.78 is 13.8. The molecule has 1 aromatic rings. The predicted molar refractivity (Wildman–Crippen MR) is 56.2 cm³/mol. The number of hydrogen-bond donors (Lipinski definition) is 2. The minimum absolute atomic E-state index is 0.287. The van der Waals surface area contributed by atoms with E-state index in [0.29, 0.717) is 30.5 Å². The molecule has 15 heavy (non-hydrogen) atoms. The standard InChI is InChI=1S/C10H15FN4/c1-6-14-9(7-2-3-7)8(11)10(15-6)13-5-4-12/h7H,2-5,12H2,1H3,(H,13,14,15). The van der Waals surface area contributed by atoms with Crippen LogP contribution < -0.4 is 11.1 Å². The number of rotatable bonds is 4. The number of aromatic nitrogens is 2. The number of halogens is 1. The molecule has 0 saturated heterocycles. The second-order valence-electron chi connectivity index (χ2n) is 3.81. The fourth-order valence-electron chi connectivity index (χ4n) is 1.52. The normalized spacial score (nSPS) is 15.4. The van der Waals surface area contributed by atoms with Gasteiger partial charge < -0.3 is 11.1 Å². The first-order valence-corrected chi connectivity index (χ1v) is 5.20. The number of nitrogens with one attached hydrogen (secondary N) is 1. The van der Waals surface area contributed by atoms with E-state index in [-0.39, 0.29) is 11.6 Å². The van der Waals surface area contributed by atoms with Gasteiger partial charge in [0.2, 0.25) is 0 Å². The van der Waals surface area contributed by atoms with Crippen LogP contribution in [0.1, 0.15) is 30.3 Å². The van der Waals surface area contributed by atoms with Crippen LogP contribution in [0.5, 0.6) is 0 Å². The minimum Gasteiger partial charge on any atom is -0.366 e. The molecular weight excluding hydrogens is 195 g/mol. The minimum atomic E-state index is -0.309. The molecule has 0 radical (unpaired) electrons. The first-order chi connectivity index (χ1) is 7.22. The van der Waals surface area contributed by atoms with Crippen molar-refractivity contribution >= 4 is 5.82 Å². The van der Waals surface area contributed by atoms with E-state index in [4.69, 9.17) is 5.73 Å². The lowest BCUT2D eigenvalue weighted by atomic mass is 10.2. The lowest BCUT2D eigenvalue weighted by Gasteiger charge is -2.09. The summed E-state index contributed by atoms with van der Waals surface area (Å²) in [6.45, 7) is 2.76. The Morgan fingerprint density at radius 2 is 2.20 bits per heavy atom. The number of anilines is 1. The summed E-state index contributed by atoms with van der Waals surface area (Å²) in [6, 6.07) is 0. The summed E-state index contributed by atoms with van der Waals surface area (Å²) in [7, 11) is 0. The lowest BCUT2D eigenvalue weighted by molar-refractivity contribution is 0.592. The fraction of sp³-hybridized carbons (Fsp3) is 0.600.